The van der Waals surface area contributed by atoms with Crippen molar-refractivity contribution in [2.45, 2.75) is 32.7 Å². The van der Waals surface area contributed by atoms with Crippen LogP contribution in [-0.4, -0.2) is 14.8 Å². The number of hydrogen-bond donors (Lipinski definition) is 0. The Morgan fingerprint density at radius 3 is 3.11 bits per heavy atom. The quantitative estimate of drug-likeness (QED) is 0.844. The molecule has 0 N–H and O–H groups in total. The largest absolute Gasteiger partial charge is 0.434 e. The van der Waals surface area contributed by atoms with E-state index in [1.165, 1.54) is 5.56 Å². The van der Waals surface area contributed by atoms with Crippen molar-refractivity contribution in [3.8, 4) is 17.7 Å². The Bertz CT molecular complexity index is 654. The molecule has 0 amide bonds. The van der Waals surface area contributed by atoms with E-state index in [4.69, 9.17) is 4.74 Å². The van der Waals surface area contributed by atoms with E-state index in [-0.39, 0.29) is 0 Å². The highest BCUT2D eigenvalue weighted by Gasteiger charge is 2.17. The van der Waals surface area contributed by atoms with Gasteiger partial charge in [-0.3, -0.25) is 4.68 Å². The van der Waals surface area contributed by atoms with E-state index in [1.807, 2.05) is 13.0 Å². The Labute approximate surface area is 111 Å². The van der Waals surface area contributed by atoms with Crippen molar-refractivity contribution in [1.29, 1.82) is 5.26 Å². The lowest BCUT2D eigenvalue weighted by Crippen LogP contribution is -1.97. The highest BCUT2D eigenvalue weighted by atomic mass is 16.5. The molecule has 96 valence electrons. The van der Waals surface area contributed by atoms with Crippen LogP contribution in [0.3, 0.4) is 0 Å². The maximum Gasteiger partial charge on any atom is 0.237 e. The van der Waals surface area contributed by atoms with Gasteiger partial charge in [-0.05, 0) is 37.8 Å². The van der Waals surface area contributed by atoms with Crippen LogP contribution in [0.15, 0.2) is 18.5 Å². The standard InChI is InChI=1S/C14H14N4O/c1-2-18-9-12(8-16-18)19-14-11(7-15)6-10-4-3-5-13(10)17-14/h6,8-9H,2-5H2,1H3. The first-order valence-corrected chi connectivity index (χ1v) is 6.43. The molecule has 19 heavy (non-hydrogen) atoms. The Kier molecular flexibility index (Phi) is 2.92. The molecule has 0 saturated carbocycles. The fourth-order valence-corrected chi connectivity index (χ4v) is 2.29. The third-order valence-electron chi connectivity index (χ3n) is 3.28. The van der Waals surface area contributed by atoms with Gasteiger partial charge in [-0.1, -0.05) is 0 Å². The molecule has 0 spiro atoms. The van der Waals surface area contributed by atoms with Crippen LogP contribution in [0.25, 0.3) is 0 Å². The van der Waals surface area contributed by atoms with Crippen molar-refractivity contribution in [3.05, 3.63) is 35.3 Å². The number of aryl methyl sites for hydroxylation is 3. The van der Waals surface area contributed by atoms with E-state index in [2.05, 4.69) is 16.2 Å². The number of nitriles is 1. The third-order valence-corrected chi connectivity index (χ3v) is 3.28. The Balaban J connectivity index is 1.94. The molecule has 0 aliphatic heterocycles. The number of ether oxygens (including phenoxy) is 1. The molecule has 0 unspecified atom stereocenters. The normalized spacial score (nSPS) is 13.1. The number of pyridine rings is 1. The maximum atomic E-state index is 9.19. The summed E-state index contributed by atoms with van der Waals surface area (Å²) in [6.07, 6.45) is 6.51. The van der Waals surface area contributed by atoms with Gasteiger partial charge in [0.2, 0.25) is 5.88 Å². The zero-order valence-corrected chi connectivity index (χ0v) is 10.8. The highest BCUT2D eigenvalue weighted by Crippen LogP contribution is 2.28. The van der Waals surface area contributed by atoms with Gasteiger partial charge in [0.25, 0.3) is 0 Å². The summed E-state index contributed by atoms with van der Waals surface area (Å²) in [7, 11) is 0. The van der Waals surface area contributed by atoms with E-state index in [0.29, 0.717) is 17.2 Å². The molecule has 0 radical (unpaired) electrons. The topological polar surface area (TPSA) is 63.7 Å². The third kappa shape index (κ3) is 2.17. The molecule has 0 saturated heterocycles. The van der Waals surface area contributed by atoms with Crippen LogP contribution in [0.5, 0.6) is 11.6 Å². The van der Waals surface area contributed by atoms with Gasteiger partial charge in [0.1, 0.15) is 11.6 Å². The second-order valence-electron chi connectivity index (χ2n) is 4.55. The van der Waals surface area contributed by atoms with Gasteiger partial charge < -0.3 is 4.74 Å². The summed E-state index contributed by atoms with van der Waals surface area (Å²) in [5.74, 6) is 1.00. The van der Waals surface area contributed by atoms with Crippen molar-refractivity contribution in [2.75, 3.05) is 0 Å². The van der Waals surface area contributed by atoms with Crippen LogP contribution >= 0.6 is 0 Å². The molecule has 5 nitrogen and oxygen atoms in total. The molecule has 0 fully saturated rings. The number of aromatic nitrogens is 3. The van der Waals surface area contributed by atoms with Crippen LogP contribution in [0.1, 0.15) is 30.2 Å². The lowest BCUT2D eigenvalue weighted by molar-refractivity contribution is 0.458. The molecule has 5 heteroatoms. The first-order chi connectivity index (χ1) is 9.30. The van der Waals surface area contributed by atoms with Crippen molar-refractivity contribution in [3.63, 3.8) is 0 Å². The average molecular weight is 254 g/mol. The second kappa shape index (κ2) is 4.73. The number of rotatable bonds is 3. The van der Waals surface area contributed by atoms with E-state index in [1.54, 1.807) is 17.1 Å². The average Bonchev–Trinajstić information content (AvgIpc) is 3.06. The van der Waals surface area contributed by atoms with E-state index < -0.39 is 0 Å². The minimum absolute atomic E-state index is 0.388. The predicted molar refractivity (Wildman–Crippen MR) is 69.0 cm³/mol. The zero-order chi connectivity index (χ0) is 13.2. The zero-order valence-electron chi connectivity index (χ0n) is 10.8. The maximum absolute atomic E-state index is 9.19. The summed E-state index contributed by atoms with van der Waals surface area (Å²) < 4.78 is 7.46. The van der Waals surface area contributed by atoms with Gasteiger partial charge in [-0.25, -0.2) is 4.98 Å². The van der Waals surface area contributed by atoms with Crippen LogP contribution in [-0.2, 0) is 19.4 Å². The Hall–Kier alpha value is -2.35. The summed E-state index contributed by atoms with van der Waals surface area (Å²) in [6.45, 7) is 2.79. The fraction of sp³-hybridized carbons (Fsp3) is 0.357. The smallest absolute Gasteiger partial charge is 0.237 e. The van der Waals surface area contributed by atoms with Crippen molar-refractivity contribution < 1.29 is 4.74 Å². The second-order valence-corrected chi connectivity index (χ2v) is 4.55. The molecule has 1 aliphatic rings. The van der Waals surface area contributed by atoms with E-state index >= 15 is 0 Å². The number of hydrogen-bond acceptors (Lipinski definition) is 4. The summed E-state index contributed by atoms with van der Waals surface area (Å²) >= 11 is 0. The van der Waals surface area contributed by atoms with Crippen LogP contribution in [0.2, 0.25) is 0 Å². The minimum Gasteiger partial charge on any atom is -0.434 e. The van der Waals surface area contributed by atoms with Crippen molar-refractivity contribution in [2.24, 2.45) is 0 Å². The van der Waals surface area contributed by atoms with Gasteiger partial charge in [-0.2, -0.15) is 10.4 Å². The van der Waals surface area contributed by atoms with Gasteiger partial charge in [0, 0.05) is 12.2 Å². The fourth-order valence-electron chi connectivity index (χ4n) is 2.29. The van der Waals surface area contributed by atoms with Crippen LogP contribution in [0.4, 0.5) is 0 Å². The van der Waals surface area contributed by atoms with E-state index in [0.717, 1.165) is 31.5 Å². The lowest BCUT2D eigenvalue weighted by Gasteiger charge is -2.06. The van der Waals surface area contributed by atoms with Crippen molar-refractivity contribution >= 4 is 0 Å². The lowest BCUT2D eigenvalue weighted by atomic mass is 10.1. The first kappa shape index (κ1) is 11.7. The van der Waals surface area contributed by atoms with Gasteiger partial charge in [0.05, 0.1) is 12.4 Å². The summed E-state index contributed by atoms with van der Waals surface area (Å²) in [6, 6.07) is 4.05. The van der Waals surface area contributed by atoms with Crippen molar-refractivity contribution in [1.82, 2.24) is 14.8 Å². The van der Waals surface area contributed by atoms with Gasteiger partial charge in [-0.15, -0.1) is 0 Å². The minimum atomic E-state index is 0.388. The summed E-state index contributed by atoms with van der Waals surface area (Å²) in [4.78, 5) is 4.47. The molecule has 0 aromatic carbocycles. The molecular formula is C14H14N4O. The molecule has 0 atom stereocenters. The Morgan fingerprint density at radius 2 is 2.37 bits per heavy atom. The summed E-state index contributed by atoms with van der Waals surface area (Å²) in [5, 5.41) is 13.3. The molecule has 2 heterocycles. The highest BCUT2D eigenvalue weighted by molar-refractivity contribution is 5.45. The van der Waals surface area contributed by atoms with Gasteiger partial charge >= 0.3 is 0 Å². The van der Waals surface area contributed by atoms with Gasteiger partial charge in [0.15, 0.2) is 5.75 Å². The number of fused-ring (bicyclic) bond motifs is 1. The van der Waals surface area contributed by atoms with Crippen LogP contribution in [0, 0.1) is 11.3 Å². The Morgan fingerprint density at radius 1 is 1.47 bits per heavy atom. The van der Waals surface area contributed by atoms with E-state index in [9.17, 15) is 5.26 Å². The SMILES string of the molecule is CCn1cc(Oc2nc3c(cc2C#N)CCC3)cn1. The molecular weight excluding hydrogens is 240 g/mol. The molecule has 0 bridgehead atoms. The first-order valence-electron chi connectivity index (χ1n) is 6.43. The monoisotopic (exact) mass is 254 g/mol. The molecule has 1 aliphatic carbocycles. The molecule has 2 aromatic heterocycles. The number of nitrogens with zero attached hydrogens (tertiary/aromatic N) is 4. The van der Waals surface area contributed by atoms with Crippen LogP contribution < -0.4 is 4.74 Å². The summed E-state index contributed by atoms with van der Waals surface area (Å²) in [5.41, 5.74) is 2.72. The predicted octanol–water partition coefficient (Wildman–Crippen LogP) is 2.45. The molecule has 3 rings (SSSR count). The molecule has 2 aromatic rings.